The van der Waals surface area contributed by atoms with E-state index < -0.39 is 11.5 Å². The van der Waals surface area contributed by atoms with Gasteiger partial charge >= 0.3 is 0 Å². The Bertz CT molecular complexity index is 487. The highest BCUT2D eigenvalue weighted by molar-refractivity contribution is 7.80. The number of thiocarbonyl (C=S) groups is 1. The molecular weight excluding hydrogens is 260 g/mol. The van der Waals surface area contributed by atoms with Crippen molar-refractivity contribution in [1.29, 1.82) is 0 Å². The minimum absolute atomic E-state index is 0.128. The molecule has 1 heterocycles. The molecule has 1 aromatic rings. The molecule has 1 aliphatic heterocycles. The number of aliphatic hydroxyl groups is 1. The third kappa shape index (κ3) is 3.11. The SMILES string of the molecule is CC1(O)CCN(C(=O)C(C(N)=S)c2ccccc2)C1. The molecular formula is C14H18N2O2S. The number of β-amino-alcohol motifs (C(OH)–C–C–N with tert-alkyl or cyclic N) is 1. The monoisotopic (exact) mass is 278 g/mol. The van der Waals surface area contributed by atoms with Gasteiger partial charge in [-0.15, -0.1) is 0 Å². The van der Waals surface area contributed by atoms with Crippen LogP contribution in [0.2, 0.25) is 0 Å². The zero-order valence-corrected chi connectivity index (χ0v) is 11.7. The molecule has 5 heteroatoms. The zero-order valence-electron chi connectivity index (χ0n) is 10.9. The van der Waals surface area contributed by atoms with E-state index in [1.807, 2.05) is 30.3 Å². The summed E-state index contributed by atoms with van der Waals surface area (Å²) in [7, 11) is 0. The highest BCUT2D eigenvalue weighted by Gasteiger charge is 2.37. The third-order valence-electron chi connectivity index (χ3n) is 3.43. The average molecular weight is 278 g/mol. The Labute approximate surface area is 118 Å². The van der Waals surface area contributed by atoms with Gasteiger partial charge in [-0.2, -0.15) is 0 Å². The molecule has 0 bridgehead atoms. The summed E-state index contributed by atoms with van der Waals surface area (Å²) in [5.74, 6) is -0.735. The third-order valence-corrected chi connectivity index (χ3v) is 3.66. The molecule has 1 aromatic carbocycles. The van der Waals surface area contributed by atoms with Crippen LogP contribution in [0, 0.1) is 0 Å². The molecule has 1 saturated heterocycles. The van der Waals surface area contributed by atoms with Crippen LogP contribution in [0.15, 0.2) is 30.3 Å². The van der Waals surface area contributed by atoms with Gasteiger partial charge in [0.25, 0.3) is 0 Å². The van der Waals surface area contributed by atoms with Gasteiger partial charge in [-0.3, -0.25) is 4.79 Å². The van der Waals surface area contributed by atoms with Crippen LogP contribution in [0.3, 0.4) is 0 Å². The van der Waals surface area contributed by atoms with Crippen molar-refractivity contribution in [2.24, 2.45) is 5.73 Å². The lowest BCUT2D eigenvalue weighted by Crippen LogP contribution is -2.40. The van der Waals surface area contributed by atoms with Crippen molar-refractivity contribution in [3.05, 3.63) is 35.9 Å². The molecule has 4 nitrogen and oxygen atoms in total. The first-order valence-electron chi connectivity index (χ1n) is 6.26. The molecule has 3 N–H and O–H groups in total. The molecule has 2 rings (SSSR count). The number of hydrogen-bond acceptors (Lipinski definition) is 3. The molecule has 102 valence electrons. The van der Waals surface area contributed by atoms with Crippen molar-refractivity contribution in [3.8, 4) is 0 Å². The summed E-state index contributed by atoms with van der Waals surface area (Å²) >= 11 is 5.04. The van der Waals surface area contributed by atoms with Gasteiger partial charge < -0.3 is 15.7 Å². The van der Waals surface area contributed by atoms with Crippen molar-refractivity contribution in [3.63, 3.8) is 0 Å². The number of carbonyl (C=O) groups excluding carboxylic acids is 1. The second-order valence-electron chi connectivity index (χ2n) is 5.25. The molecule has 1 fully saturated rings. The minimum Gasteiger partial charge on any atom is -0.392 e. The normalized spacial score (nSPS) is 24.2. The summed E-state index contributed by atoms with van der Waals surface area (Å²) < 4.78 is 0. The summed E-state index contributed by atoms with van der Waals surface area (Å²) in [6.45, 7) is 2.61. The van der Waals surface area contributed by atoms with Gasteiger partial charge in [0.2, 0.25) is 5.91 Å². The molecule has 0 spiro atoms. The van der Waals surface area contributed by atoms with Crippen LogP contribution in [-0.4, -0.2) is 39.6 Å². The van der Waals surface area contributed by atoms with Crippen LogP contribution in [0.1, 0.15) is 24.8 Å². The maximum atomic E-state index is 12.5. The van der Waals surface area contributed by atoms with Gasteiger partial charge in [0.05, 0.1) is 10.6 Å². The first-order valence-corrected chi connectivity index (χ1v) is 6.67. The summed E-state index contributed by atoms with van der Waals surface area (Å²) in [6, 6.07) is 9.28. The predicted octanol–water partition coefficient (Wildman–Crippen LogP) is 1.04. The largest absolute Gasteiger partial charge is 0.392 e. The Hall–Kier alpha value is -1.46. The van der Waals surface area contributed by atoms with Crippen LogP contribution < -0.4 is 5.73 Å². The highest BCUT2D eigenvalue weighted by atomic mass is 32.1. The van der Waals surface area contributed by atoms with Gasteiger partial charge in [0.1, 0.15) is 5.92 Å². The molecule has 0 radical (unpaired) electrons. The Balaban J connectivity index is 2.22. The van der Waals surface area contributed by atoms with Crippen LogP contribution in [0.25, 0.3) is 0 Å². The molecule has 0 aliphatic carbocycles. The van der Waals surface area contributed by atoms with Crippen molar-refractivity contribution >= 4 is 23.1 Å². The molecule has 1 aliphatic rings. The lowest BCUT2D eigenvalue weighted by atomic mass is 9.97. The standard InChI is InChI=1S/C14H18N2O2S/c1-14(18)7-8-16(9-14)13(17)11(12(15)19)10-5-3-2-4-6-10/h2-6,11,18H,7-9H2,1H3,(H2,15,19). The van der Waals surface area contributed by atoms with Crippen molar-refractivity contribution < 1.29 is 9.90 Å². The zero-order chi connectivity index (χ0) is 14.0. The van der Waals surface area contributed by atoms with Crippen molar-refractivity contribution in [2.75, 3.05) is 13.1 Å². The van der Waals surface area contributed by atoms with Crippen LogP contribution in [-0.2, 0) is 4.79 Å². The summed E-state index contributed by atoms with van der Waals surface area (Å²) in [6.07, 6.45) is 0.581. The minimum atomic E-state index is -0.812. The average Bonchev–Trinajstić information content (AvgIpc) is 2.71. The van der Waals surface area contributed by atoms with E-state index in [4.69, 9.17) is 18.0 Å². The fourth-order valence-electron chi connectivity index (χ4n) is 2.39. The number of nitrogens with zero attached hydrogens (tertiary/aromatic N) is 1. The maximum absolute atomic E-state index is 12.5. The van der Waals surface area contributed by atoms with Crippen LogP contribution >= 0.6 is 12.2 Å². The van der Waals surface area contributed by atoms with E-state index in [1.54, 1.807) is 11.8 Å². The number of nitrogens with two attached hydrogens (primary N) is 1. The molecule has 1 amide bonds. The molecule has 19 heavy (non-hydrogen) atoms. The van der Waals surface area contributed by atoms with Crippen LogP contribution in [0.4, 0.5) is 0 Å². The predicted molar refractivity (Wildman–Crippen MR) is 77.8 cm³/mol. The molecule has 0 saturated carbocycles. The van der Waals surface area contributed by atoms with Crippen LogP contribution in [0.5, 0.6) is 0 Å². The number of amides is 1. The van der Waals surface area contributed by atoms with Gasteiger partial charge in [-0.1, -0.05) is 42.5 Å². The first-order chi connectivity index (χ1) is 8.91. The topological polar surface area (TPSA) is 66.6 Å². The highest BCUT2D eigenvalue weighted by Crippen LogP contribution is 2.25. The van der Waals surface area contributed by atoms with Crippen molar-refractivity contribution in [2.45, 2.75) is 24.9 Å². The summed E-state index contributed by atoms with van der Waals surface area (Å²) in [4.78, 5) is 14.3. The van der Waals surface area contributed by atoms with Gasteiger partial charge in [-0.25, -0.2) is 0 Å². The maximum Gasteiger partial charge on any atom is 0.237 e. The number of rotatable bonds is 3. The second kappa shape index (κ2) is 5.27. The number of carbonyl (C=O) groups is 1. The van der Waals surface area contributed by atoms with Gasteiger partial charge in [0.15, 0.2) is 0 Å². The lowest BCUT2D eigenvalue weighted by molar-refractivity contribution is -0.131. The van der Waals surface area contributed by atoms with E-state index in [0.29, 0.717) is 19.5 Å². The Kier molecular flexibility index (Phi) is 3.87. The molecule has 0 aromatic heterocycles. The fraction of sp³-hybridized carbons (Fsp3) is 0.429. The fourth-order valence-corrected chi connectivity index (χ4v) is 2.63. The molecule has 2 atom stereocenters. The van der Waals surface area contributed by atoms with Crippen molar-refractivity contribution in [1.82, 2.24) is 4.90 Å². The Morgan fingerprint density at radius 2 is 2.11 bits per heavy atom. The quantitative estimate of drug-likeness (QED) is 0.811. The summed E-state index contributed by atoms with van der Waals surface area (Å²) in [5.41, 5.74) is 5.71. The number of benzene rings is 1. The number of hydrogen-bond donors (Lipinski definition) is 2. The Morgan fingerprint density at radius 1 is 1.47 bits per heavy atom. The second-order valence-corrected chi connectivity index (χ2v) is 5.72. The van der Waals surface area contributed by atoms with E-state index in [9.17, 15) is 9.90 Å². The van der Waals surface area contributed by atoms with E-state index in [2.05, 4.69) is 0 Å². The van der Waals surface area contributed by atoms with E-state index in [0.717, 1.165) is 5.56 Å². The summed E-state index contributed by atoms with van der Waals surface area (Å²) in [5, 5.41) is 9.95. The van der Waals surface area contributed by atoms with E-state index in [1.165, 1.54) is 0 Å². The smallest absolute Gasteiger partial charge is 0.237 e. The Morgan fingerprint density at radius 3 is 2.58 bits per heavy atom. The van der Waals surface area contributed by atoms with E-state index in [-0.39, 0.29) is 10.9 Å². The lowest BCUT2D eigenvalue weighted by Gasteiger charge is -2.24. The molecule has 2 unspecified atom stereocenters. The van der Waals surface area contributed by atoms with Gasteiger partial charge in [0, 0.05) is 13.1 Å². The van der Waals surface area contributed by atoms with Gasteiger partial charge in [-0.05, 0) is 18.9 Å². The van der Waals surface area contributed by atoms with E-state index >= 15 is 0 Å². The first kappa shape index (κ1) is 14.0. The number of likely N-dealkylation sites (tertiary alicyclic amines) is 1.